The summed E-state index contributed by atoms with van der Waals surface area (Å²) < 4.78 is 4.44. The fraction of sp³-hybridized carbons (Fsp3) is 0. The molecule has 5 heteroatoms. The fourth-order valence-electron chi connectivity index (χ4n) is 7.54. The van der Waals surface area contributed by atoms with Gasteiger partial charge in [-0.3, -0.25) is 0 Å². The second-order valence-electron chi connectivity index (χ2n) is 12.3. The molecule has 0 aliphatic heterocycles. The van der Waals surface area contributed by atoms with E-state index in [9.17, 15) is 15.8 Å². The largest absolute Gasteiger partial charge is 0.309 e. The molecule has 0 spiro atoms. The van der Waals surface area contributed by atoms with Crippen LogP contribution in [0, 0.1) is 34.0 Å². The molecule has 0 amide bonds. The molecule has 0 saturated heterocycles. The third-order valence-electron chi connectivity index (χ3n) is 9.66. The molecule has 7 aromatic carbocycles. The summed E-state index contributed by atoms with van der Waals surface area (Å²) in [4.78, 5) is 0. The first-order valence-electron chi connectivity index (χ1n) is 16.3. The lowest BCUT2D eigenvalue weighted by molar-refractivity contribution is 1.18. The van der Waals surface area contributed by atoms with Crippen LogP contribution in [0.15, 0.2) is 152 Å². The minimum Gasteiger partial charge on any atom is -0.309 e. The van der Waals surface area contributed by atoms with Crippen molar-refractivity contribution in [2.75, 3.05) is 0 Å². The Morgan fingerprint density at radius 3 is 1.82 bits per heavy atom. The van der Waals surface area contributed by atoms with Gasteiger partial charge in [0.05, 0.1) is 62.7 Å². The molecule has 9 aromatic rings. The number of nitriles is 3. The van der Waals surface area contributed by atoms with E-state index in [0.29, 0.717) is 16.7 Å². The topological polar surface area (TPSA) is 81.2 Å². The van der Waals surface area contributed by atoms with Crippen LogP contribution in [0.1, 0.15) is 16.7 Å². The van der Waals surface area contributed by atoms with Crippen LogP contribution in [0.2, 0.25) is 0 Å². The predicted octanol–water partition coefficient (Wildman–Crippen LogP) is 10.8. The van der Waals surface area contributed by atoms with Crippen molar-refractivity contribution in [2.24, 2.45) is 0 Å². The van der Waals surface area contributed by atoms with Crippen molar-refractivity contribution in [3.63, 3.8) is 0 Å². The molecule has 0 bridgehead atoms. The van der Waals surface area contributed by atoms with Gasteiger partial charge in [0, 0.05) is 38.4 Å². The van der Waals surface area contributed by atoms with Crippen LogP contribution >= 0.6 is 0 Å². The molecule has 0 N–H and O–H groups in total. The molecule has 0 saturated carbocycles. The number of fused-ring (bicyclic) bond motifs is 6. The highest BCUT2D eigenvalue weighted by Crippen LogP contribution is 2.42. The van der Waals surface area contributed by atoms with Crippen LogP contribution in [0.3, 0.4) is 0 Å². The van der Waals surface area contributed by atoms with Crippen LogP contribution in [0.4, 0.5) is 0 Å². The Kier molecular flexibility index (Phi) is 6.56. The van der Waals surface area contributed by atoms with Gasteiger partial charge in [-0.15, -0.1) is 0 Å². The van der Waals surface area contributed by atoms with Crippen LogP contribution in [-0.2, 0) is 0 Å². The third kappa shape index (κ3) is 4.24. The molecule has 9 rings (SSSR count). The van der Waals surface area contributed by atoms with E-state index in [-0.39, 0.29) is 0 Å². The minimum absolute atomic E-state index is 0.581. The van der Waals surface area contributed by atoms with Gasteiger partial charge in [0.25, 0.3) is 0 Å². The summed E-state index contributed by atoms with van der Waals surface area (Å²) in [6, 6.07) is 57.8. The van der Waals surface area contributed by atoms with E-state index in [0.717, 1.165) is 77.2 Å². The summed E-state index contributed by atoms with van der Waals surface area (Å²) in [7, 11) is 0. The number of nitrogens with zero attached hydrogens (tertiary/aromatic N) is 5. The lowest BCUT2D eigenvalue weighted by atomic mass is 9.89. The van der Waals surface area contributed by atoms with E-state index >= 15 is 0 Å². The molecule has 0 atom stereocenters. The Hall–Kier alpha value is -7.39. The highest BCUT2D eigenvalue weighted by molar-refractivity contribution is 6.12. The molecule has 230 valence electrons. The third-order valence-corrected chi connectivity index (χ3v) is 9.66. The summed E-state index contributed by atoms with van der Waals surface area (Å²) in [5, 5.41) is 34.1. The number of benzene rings is 7. The van der Waals surface area contributed by atoms with Gasteiger partial charge in [-0.2, -0.15) is 15.8 Å². The molecule has 0 aliphatic rings. The SMILES string of the molecule is N#Cc1ccc2c(c1)c1ccccc1n2-c1ccccc1-c1c(C#N)cccc1-c1ccc(-n2c3ccccc3c3c(C#N)cccc32)cc1. The predicted molar refractivity (Wildman–Crippen MR) is 200 cm³/mol. The Labute approximate surface area is 287 Å². The van der Waals surface area contributed by atoms with Crippen LogP contribution in [0.5, 0.6) is 0 Å². The van der Waals surface area contributed by atoms with E-state index < -0.39 is 0 Å². The van der Waals surface area contributed by atoms with Crippen LogP contribution in [-0.4, -0.2) is 9.13 Å². The lowest BCUT2D eigenvalue weighted by Crippen LogP contribution is -2.00. The van der Waals surface area contributed by atoms with Crippen molar-refractivity contribution in [3.05, 3.63) is 168 Å². The van der Waals surface area contributed by atoms with Gasteiger partial charge in [0.15, 0.2) is 0 Å². The second kappa shape index (κ2) is 11.4. The average Bonchev–Trinajstić information content (AvgIpc) is 3.70. The van der Waals surface area contributed by atoms with E-state index in [4.69, 9.17) is 0 Å². The zero-order valence-electron chi connectivity index (χ0n) is 26.7. The molecule has 0 unspecified atom stereocenters. The molecule has 5 nitrogen and oxygen atoms in total. The normalized spacial score (nSPS) is 11.1. The summed E-state index contributed by atoms with van der Waals surface area (Å²) >= 11 is 0. The first kappa shape index (κ1) is 28.8. The summed E-state index contributed by atoms with van der Waals surface area (Å²) in [6.45, 7) is 0. The van der Waals surface area contributed by atoms with E-state index in [1.807, 2.05) is 78.9 Å². The minimum atomic E-state index is 0.581. The maximum absolute atomic E-state index is 10.5. The maximum Gasteiger partial charge on any atom is 0.0998 e. The van der Waals surface area contributed by atoms with Crippen molar-refractivity contribution in [1.82, 2.24) is 9.13 Å². The molecule has 2 aromatic heterocycles. The first-order chi connectivity index (χ1) is 24.7. The van der Waals surface area contributed by atoms with E-state index in [1.165, 1.54) is 0 Å². The van der Waals surface area contributed by atoms with Gasteiger partial charge in [0.1, 0.15) is 0 Å². The lowest BCUT2D eigenvalue weighted by Gasteiger charge is -2.18. The van der Waals surface area contributed by atoms with Crippen molar-refractivity contribution in [3.8, 4) is 51.8 Å². The highest BCUT2D eigenvalue weighted by atomic mass is 15.0. The monoisotopic (exact) mass is 635 g/mol. The summed E-state index contributed by atoms with van der Waals surface area (Å²) in [6.07, 6.45) is 0. The van der Waals surface area contributed by atoms with Crippen LogP contribution < -0.4 is 0 Å². The van der Waals surface area contributed by atoms with E-state index in [2.05, 4.69) is 100 Å². The molecule has 2 heterocycles. The van der Waals surface area contributed by atoms with Crippen LogP contribution in [0.25, 0.3) is 77.2 Å². The quantitative estimate of drug-likeness (QED) is 0.193. The van der Waals surface area contributed by atoms with Gasteiger partial charge in [-0.25, -0.2) is 0 Å². The van der Waals surface area contributed by atoms with Gasteiger partial charge in [-0.1, -0.05) is 84.9 Å². The zero-order chi connectivity index (χ0) is 33.8. The van der Waals surface area contributed by atoms with Gasteiger partial charge < -0.3 is 9.13 Å². The smallest absolute Gasteiger partial charge is 0.0998 e. The fourth-order valence-corrected chi connectivity index (χ4v) is 7.54. The maximum atomic E-state index is 10.5. The summed E-state index contributed by atoms with van der Waals surface area (Å²) in [5.74, 6) is 0. The Morgan fingerprint density at radius 1 is 0.420 bits per heavy atom. The number of rotatable bonds is 4. The van der Waals surface area contributed by atoms with Crippen molar-refractivity contribution < 1.29 is 0 Å². The van der Waals surface area contributed by atoms with Crippen molar-refractivity contribution in [1.29, 1.82) is 15.8 Å². The molecular formula is C45H25N5. The molecule has 0 fully saturated rings. The Bertz CT molecular complexity index is 2960. The molecule has 0 aliphatic carbocycles. The van der Waals surface area contributed by atoms with Crippen molar-refractivity contribution >= 4 is 43.6 Å². The highest BCUT2D eigenvalue weighted by Gasteiger charge is 2.21. The number of hydrogen-bond acceptors (Lipinski definition) is 3. The number of hydrogen-bond donors (Lipinski definition) is 0. The first-order valence-corrected chi connectivity index (χ1v) is 16.3. The molecular weight excluding hydrogens is 611 g/mol. The van der Waals surface area contributed by atoms with Gasteiger partial charge in [0.2, 0.25) is 0 Å². The van der Waals surface area contributed by atoms with Gasteiger partial charge in [-0.05, 0) is 77.9 Å². The van der Waals surface area contributed by atoms with Gasteiger partial charge >= 0.3 is 0 Å². The molecule has 0 radical (unpaired) electrons. The second-order valence-corrected chi connectivity index (χ2v) is 12.3. The number of para-hydroxylation sites is 3. The average molecular weight is 636 g/mol. The molecule has 50 heavy (non-hydrogen) atoms. The van der Waals surface area contributed by atoms with E-state index in [1.54, 1.807) is 0 Å². The standard InChI is InChI=1S/C45H25N5/c46-26-29-19-24-42-38(25-29)35-11-1-4-15-39(35)50(42)41-17-6-2-12-36(41)44-31(27-47)9-7-14-34(44)30-20-22-33(23-21-30)49-40-16-5-3-13-37(40)45-32(28-48)10-8-18-43(45)49/h1-25H. The zero-order valence-corrected chi connectivity index (χ0v) is 26.7. The Morgan fingerprint density at radius 2 is 1.04 bits per heavy atom. The van der Waals surface area contributed by atoms with Crippen molar-refractivity contribution in [2.45, 2.75) is 0 Å². The summed E-state index contributed by atoms with van der Waals surface area (Å²) in [5.41, 5.74) is 11.5. The number of aromatic nitrogens is 2. The Balaban J connectivity index is 1.25.